The van der Waals surface area contributed by atoms with E-state index in [0.29, 0.717) is 12.2 Å². The predicted octanol–water partition coefficient (Wildman–Crippen LogP) is 4.68. The van der Waals surface area contributed by atoms with Gasteiger partial charge in [-0.05, 0) is 59.2 Å². The van der Waals surface area contributed by atoms with Gasteiger partial charge in [0, 0.05) is 5.56 Å². The van der Waals surface area contributed by atoms with Gasteiger partial charge in [0.15, 0.2) is 5.11 Å². The highest BCUT2D eigenvalue weighted by molar-refractivity contribution is 7.80. The summed E-state index contributed by atoms with van der Waals surface area (Å²) in [6.07, 6.45) is 4.75. The van der Waals surface area contributed by atoms with Crippen molar-refractivity contribution in [2.75, 3.05) is 6.61 Å². The number of thiocarbonyl (C=S) groups is 1. The van der Waals surface area contributed by atoms with E-state index >= 15 is 0 Å². The van der Waals surface area contributed by atoms with Crippen LogP contribution in [0.4, 0.5) is 0 Å². The van der Waals surface area contributed by atoms with E-state index in [0.717, 1.165) is 34.9 Å². The Morgan fingerprint density at radius 1 is 0.879 bits per heavy atom. The molecule has 0 aliphatic carbocycles. The fraction of sp³-hybridized carbons (Fsp3) is 0.269. The van der Waals surface area contributed by atoms with Crippen molar-refractivity contribution in [2.24, 2.45) is 0 Å². The molecule has 0 bridgehead atoms. The molecule has 172 valence electrons. The third kappa shape index (κ3) is 7.57. The van der Waals surface area contributed by atoms with Crippen LogP contribution in [0.2, 0.25) is 0 Å². The first kappa shape index (κ1) is 24.2. The zero-order chi connectivity index (χ0) is 23.5. The van der Waals surface area contributed by atoms with Crippen LogP contribution in [-0.2, 0) is 11.2 Å². The lowest BCUT2D eigenvalue weighted by atomic mass is 10.0. The number of ether oxygens (including phenoxy) is 1. The monoisotopic (exact) mass is 463 g/mol. The first-order valence-corrected chi connectivity index (χ1v) is 11.6. The van der Waals surface area contributed by atoms with Gasteiger partial charge in [0.1, 0.15) is 5.75 Å². The topological polar surface area (TPSA) is 79.5 Å². The first-order chi connectivity index (χ1) is 16.1. The fourth-order valence-corrected chi connectivity index (χ4v) is 3.59. The average Bonchev–Trinajstić information content (AvgIpc) is 2.83. The molecule has 0 aromatic heterocycles. The van der Waals surface area contributed by atoms with Crippen molar-refractivity contribution < 1.29 is 14.3 Å². The fourth-order valence-electron chi connectivity index (χ4n) is 3.43. The van der Waals surface area contributed by atoms with Crippen LogP contribution < -0.4 is 20.9 Å². The van der Waals surface area contributed by atoms with Gasteiger partial charge in [0.25, 0.3) is 5.91 Å². The minimum absolute atomic E-state index is 0.0284. The van der Waals surface area contributed by atoms with Crippen molar-refractivity contribution >= 4 is 39.9 Å². The van der Waals surface area contributed by atoms with Gasteiger partial charge >= 0.3 is 0 Å². The summed E-state index contributed by atoms with van der Waals surface area (Å²) in [6, 6.07) is 20.6. The minimum Gasteiger partial charge on any atom is -0.494 e. The molecule has 6 nitrogen and oxygen atoms in total. The van der Waals surface area contributed by atoms with Gasteiger partial charge in [-0.1, -0.05) is 68.7 Å². The Morgan fingerprint density at radius 2 is 1.64 bits per heavy atom. The highest BCUT2D eigenvalue weighted by Gasteiger charge is 2.10. The van der Waals surface area contributed by atoms with E-state index in [1.807, 2.05) is 42.5 Å². The van der Waals surface area contributed by atoms with Crippen LogP contribution in [0, 0.1) is 0 Å². The van der Waals surface area contributed by atoms with E-state index in [-0.39, 0.29) is 23.3 Å². The van der Waals surface area contributed by atoms with Crippen LogP contribution in [-0.4, -0.2) is 23.5 Å². The third-order valence-corrected chi connectivity index (χ3v) is 5.36. The Morgan fingerprint density at radius 3 is 2.42 bits per heavy atom. The molecular formula is C26H29N3O3S. The summed E-state index contributed by atoms with van der Waals surface area (Å²) in [5.74, 6) is 0.0981. The molecule has 0 fully saturated rings. The molecule has 0 saturated heterocycles. The SMILES string of the molecule is CCCCCCOc1ccc(C(=O)NNC(=S)NC(=O)Cc2cccc3ccccc23)cc1. The summed E-state index contributed by atoms with van der Waals surface area (Å²) in [4.78, 5) is 24.7. The average molecular weight is 464 g/mol. The second-order valence-corrected chi connectivity index (χ2v) is 8.11. The Labute approximate surface area is 199 Å². The van der Waals surface area contributed by atoms with Crippen molar-refractivity contribution in [2.45, 2.75) is 39.0 Å². The Bertz CT molecular complexity index is 1090. The van der Waals surface area contributed by atoms with Gasteiger partial charge in [-0.3, -0.25) is 20.4 Å². The number of amides is 2. The van der Waals surface area contributed by atoms with Gasteiger partial charge in [-0.15, -0.1) is 0 Å². The predicted molar refractivity (Wildman–Crippen MR) is 135 cm³/mol. The Balaban J connectivity index is 1.42. The van der Waals surface area contributed by atoms with E-state index < -0.39 is 0 Å². The lowest BCUT2D eigenvalue weighted by Crippen LogP contribution is -2.48. The van der Waals surface area contributed by atoms with E-state index in [9.17, 15) is 9.59 Å². The van der Waals surface area contributed by atoms with Crippen molar-refractivity contribution in [3.8, 4) is 5.75 Å². The maximum absolute atomic E-state index is 12.4. The number of carbonyl (C=O) groups is 2. The first-order valence-electron chi connectivity index (χ1n) is 11.2. The molecule has 2 amide bonds. The summed E-state index contributed by atoms with van der Waals surface area (Å²) in [5, 5.41) is 4.72. The van der Waals surface area contributed by atoms with Crippen LogP contribution in [0.3, 0.4) is 0 Å². The van der Waals surface area contributed by atoms with E-state index in [1.165, 1.54) is 12.8 Å². The number of carbonyl (C=O) groups excluding carboxylic acids is 2. The van der Waals surface area contributed by atoms with Crippen LogP contribution in [0.5, 0.6) is 5.75 Å². The Kier molecular flexibility index (Phi) is 9.20. The number of unbranched alkanes of at least 4 members (excludes halogenated alkanes) is 3. The molecule has 33 heavy (non-hydrogen) atoms. The number of benzene rings is 3. The van der Waals surface area contributed by atoms with Crippen molar-refractivity contribution in [3.63, 3.8) is 0 Å². The third-order valence-electron chi connectivity index (χ3n) is 5.16. The van der Waals surface area contributed by atoms with Crippen molar-refractivity contribution in [1.82, 2.24) is 16.2 Å². The molecule has 3 N–H and O–H groups in total. The second kappa shape index (κ2) is 12.6. The number of hydrazine groups is 1. The standard InChI is InChI=1S/C26H29N3O3S/c1-2-3-4-7-17-32-22-15-13-20(14-16-22)25(31)28-29-26(33)27-24(30)18-21-11-8-10-19-9-5-6-12-23(19)21/h5-6,8-16H,2-4,7,17-18H2,1H3,(H,28,31)(H2,27,29,30,33). The summed E-state index contributed by atoms with van der Waals surface area (Å²) in [7, 11) is 0. The smallest absolute Gasteiger partial charge is 0.269 e. The van der Waals surface area contributed by atoms with Gasteiger partial charge in [0.2, 0.25) is 5.91 Å². The van der Waals surface area contributed by atoms with Crippen molar-refractivity contribution in [3.05, 3.63) is 77.9 Å². The van der Waals surface area contributed by atoms with E-state index in [4.69, 9.17) is 17.0 Å². The summed E-state index contributed by atoms with van der Waals surface area (Å²) in [6.45, 7) is 2.84. The number of fused-ring (bicyclic) bond motifs is 1. The quantitative estimate of drug-likeness (QED) is 0.244. The van der Waals surface area contributed by atoms with E-state index in [2.05, 4.69) is 23.1 Å². The molecule has 0 saturated carbocycles. The number of nitrogens with one attached hydrogen (secondary N) is 3. The minimum atomic E-state index is -0.366. The number of hydrogen-bond acceptors (Lipinski definition) is 4. The summed E-state index contributed by atoms with van der Waals surface area (Å²) < 4.78 is 5.69. The van der Waals surface area contributed by atoms with Crippen LogP contribution in [0.1, 0.15) is 48.5 Å². The second-order valence-electron chi connectivity index (χ2n) is 7.70. The molecule has 3 aromatic rings. The highest BCUT2D eigenvalue weighted by Crippen LogP contribution is 2.18. The zero-order valence-corrected chi connectivity index (χ0v) is 19.5. The summed E-state index contributed by atoms with van der Waals surface area (Å²) >= 11 is 5.13. The molecule has 7 heteroatoms. The number of rotatable bonds is 9. The van der Waals surface area contributed by atoms with Gasteiger partial charge in [-0.25, -0.2) is 0 Å². The molecular weight excluding hydrogens is 434 g/mol. The van der Waals surface area contributed by atoms with Gasteiger partial charge in [0.05, 0.1) is 13.0 Å². The van der Waals surface area contributed by atoms with Crippen molar-refractivity contribution in [1.29, 1.82) is 0 Å². The zero-order valence-electron chi connectivity index (χ0n) is 18.7. The molecule has 0 aliphatic heterocycles. The maximum Gasteiger partial charge on any atom is 0.269 e. The van der Waals surface area contributed by atoms with Gasteiger partial charge < -0.3 is 10.1 Å². The summed E-state index contributed by atoms with van der Waals surface area (Å²) in [5.41, 5.74) is 6.43. The van der Waals surface area contributed by atoms with E-state index in [1.54, 1.807) is 24.3 Å². The number of hydrogen-bond donors (Lipinski definition) is 3. The maximum atomic E-state index is 12.4. The molecule has 0 spiro atoms. The molecule has 0 heterocycles. The highest BCUT2D eigenvalue weighted by atomic mass is 32.1. The Hall–Kier alpha value is -3.45. The lowest BCUT2D eigenvalue weighted by Gasteiger charge is -2.12. The largest absolute Gasteiger partial charge is 0.494 e. The molecule has 0 aliphatic rings. The van der Waals surface area contributed by atoms with Crippen LogP contribution in [0.25, 0.3) is 10.8 Å². The molecule has 0 radical (unpaired) electrons. The molecule has 3 rings (SSSR count). The molecule has 3 aromatic carbocycles. The molecule has 0 unspecified atom stereocenters. The lowest BCUT2D eigenvalue weighted by molar-refractivity contribution is -0.119. The van der Waals surface area contributed by atoms with Crippen LogP contribution in [0.15, 0.2) is 66.7 Å². The van der Waals surface area contributed by atoms with Gasteiger partial charge in [-0.2, -0.15) is 0 Å². The molecule has 0 atom stereocenters. The normalized spacial score (nSPS) is 10.5. The van der Waals surface area contributed by atoms with Crippen LogP contribution >= 0.6 is 12.2 Å².